The summed E-state index contributed by atoms with van der Waals surface area (Å²) in [6.07, 6.45) is 0.818. The Hall–Kier alpha value is -1.50. The summed E-state index contributed by atoms with van der Waals surface area (Å²) in [4.78, 5) is 24.0. The lowest BCUT2D eigenvalue weighted by Crippen LogP contribution is -2.05. The van der Waals surface area contributed by atoms with Crippen LogP contribution in [-0.2, 0) is 11.2 Å². The van der Waals surface area contributed by atoms with Gasteiger partial charge in [-0.05, 0) is 15.9 Å². The molecule has 0 saturated heterocycles. The summed E-state index contributed by atoms with van der Waals surface area (Å²) in [5, 5.41) is 19.0. The Bertz CT molecular complexity index is 393. The molecule has 0 aliphatic carbocycles. The summed E-state index contributed by atoms with van der Waals surface area (Å²) < 4.78 is 0.189. The Morgan fingerprint density at radius 3 is 2.86 bits per heavy atom. The lowest BCUT2D eigenvalue weighted by molar-refractivity contribution is -0.385. The van der Waals surface area contributed by atoms with Crippen LogP contribution in [0.4, 0.5) is 5.69 Å². The average molecular weight is 261 g/mol. The molecule has 74 valence electrons. The van der Waals surface area contributed by atoms with E-state index in [4.69, 9.17) is 5.11 Å². The van der Waals surface area contributed by atoms with Gasteiger partial charge in [-0.25, -0.2) is 4.98 Å². The largest absolute Gasteiger partial charge is 0.481 e. The minimum Gasteiger partial charge on any atom is -0.481 e. The smallest absolute Gasteiger partial charge is 0.308 e. The van der Waals surface area contributed by atoms with Crippen molar-refractivity contribution in [2.45, 2.75) is 6.42 Å². The van der Waals surface area contributed by atoms with Crippen molar-refractivity contribution in [2.75, 3.05) is 0 Å². The second-order valence-corrected chi connectivity index (χ2v) is 3.18. The standard InChI is InChI=1S/C7H5BrN2O4/c8-7-4(3-6(11)12)5(10(13)14)1-2-9-7/h1-2H,3H2,(H,11,12). The quantitative estimate of drug-likeness (QED) is 0.504. The maximum atomic E-state index is 10.5. The molecule has 0 spiro atoms. The average Bonchev–Trinajstić information content (AvgIpc) is 2.07. The molecular weight excluding hydrogens is 256 g/mol. The SMILES string of the molecule is O=C(O)Cc1c([N+](=O)[O-])ccnc1Br. The van der Waals surface area contributed by atoms with Crippen LogP contribution in [0.15, 0.2) is 16.9 Å². The molecule has 14 heavy (non-hydrogen) atoms. The third-order valence-corrected chi connectivity index (χ3v) is 2.19. The minimum atomic E-state index is -1.14. The molecule has 1 N–H and O–H groups in total. The Balaban J connectivity index is 3.22. The molecule has 1 heterocycles. The van der Waals surface area contributed by atoms with Gasteiger partial charge in [0.25, 0.3) is 5.69 Å². The maximum Gasteiger partial charge on any atom is 0.308 e. The summed E-state index contributed by atoms with van der Waals surface area (Å²) in [7, 11) is 0. The number of nitro groups is 1. The highest BCUT2D eigenvalue weighted by Crippen LogP contribution is 2.24. The summed E-state index contributed by atoms with van der Waals surface area (Å²) in [6.45, 7) is 0. The van der Waals surface area contributed by atoms with E-state index in [1.165, 1.54) is 12.3 Å². The molecule has 0 saturated carbocycles. The van der Waals surface area contributed by atoms with Crippen molar-refractivity contribution in [1.82, 2.24) is 4.98 Å². The Labute approximate surface area is 86.9 Å². The predicted octanol–water partition coefficient (Wildman–Crippen LogP) is 1.38. The highest BCUT2D eigenvalue weighted by atomic mass is 79.9. The third kappa shape index (κ3) is 2.25. The van der Waals surface area contributed by atoms with E-state index in [0.717, 1.165) is 0 Å². The molecule has 0 aromatic carbocycles. The molecule has 1 aromatic rings. The van der Waals surface area contributed by atoms with E-state index in [9.17, 15) is 14.9 Å². The van der Waals surface area contributed by atoms with E-state index < -0.39 is 17.3 Å². The summed E-state index contributed by atoms with van der Waals surface area (Å²) >= 11 is 2.97. The van der Waals surface area contributed by atoms with Crippen molar-refractivity contribution < 1.29 is 14.8 Å². The molecule has 0 bridgehead atoms. The van der Waals surface area contributed by atoms with Gasteiger partial charge in [-0.2, -0.15) is 0 Å². The van der Waals surface area contributed by atoms with Crippen molar-refractivity contribution in [3.8, 4) is 0 Å². The lowest BCUT2D eigenvalue weighted by atomic mass is 10.2. The zero-order valence-electron chi connectivity index (χ0n) is 6.81. The normalized spacial score (nSPS) is 9.79. The first kappa shape index (κ1) is 10.6. The maximum absolute atomic E-state index is 10.5. The number of hydrogen-bond acceptors (Lipinski definition) is 4. The molecule has 0 aliphatic rings. The van der Waals surface area contributed by atoms with Crippen LogP contribution in [-0.4, -0.2) is 21.0 Å². The summed E-state index contributed by atoms with van der Waals surface area (Å²) in [5.74, 6) is -1.14. The van der Waals surface area contributed by atoms with Crippen molar-refractivity contribution in [2.24, 2.45) is 0 Å². The number of aromatic nitrogens is 1. The second-order valence-electron chi connectivity index (χ2n) is 2.43. The van der Waals surface area contributed by atoms with Crippen molar-refractivity contribution in [3.63, 3.8) is 0 Å². The molecule has 1 aromatic heterocycles. The van der Waals surface area contributed by atoms with Crippen LogP contribution in [0.5, 0.6) is 0 Å². The molecular formula is C7H5BrN2O4. The van der Waals surface area contributed by atoms with E-state index in [0.29, 0.717) is 0 Å². The van der Waals surface area contributed by atoms with Gasteiger partial charge in [-0.1, -0.05) is 0 Å². The van der Waals surface area contributed by atoms with Gasteiger partial charge in [0.1, 0.15) is 4.60 Å². The first-order valence-electron chi connectivity index (χ1n) is 3.52. The van der Waals surface area contributed by atoms with Crippen LogP contribution >= 0.6 is 15.9 Å². The zero-order chi connectivity index (χ0) is 10.7. The summed E-state index contributed by atoms with van der Waals surface area (Å²) in [6, 6.07) is 1.17. The Morgan fingerprint density at radius 2 is 2.36 bits per heavy atom. The van der Waals surface area contributed by atoms with Crippen LogP contribution in [0, 0.1) is 10.1 Å². The fraction of sp³-hybridized carbons (Fsp3) is 0.143. The fourth-order valence-corrected chi connectivity index (χ4v) is 1.40. The van der Waals surface area contributed by atoms with Crippen LogP contribution in [0.25, 0.3) is 0 Å². The van der Waals surface area contributed by atoms with E-state index in [-0.39, 0.29) is 15.9 Å². The highest BCUT2D eigenvalue weighted by Gasteiger charge is 2.19. The zero-order valence-corrected chi connectivity index (χ0v) is 8.39. The number of aliphatic carboxylic acids is 1. The van der Waals surface area contributed by atoms with Crippen molar-refractivity contribution >= 4 is 27.6 Å². The topological polar surface area (TPSA) is 93.3 Å². The van der Waals surface area contributed by atoms with E-state index in [1.54, 1.807) is 0 Å². The van der Waals surface area contributed by atoms with Gasteiger partial charge in [0.15, 0.2) is 0 Å². The van der Waals surface area contributed by atoms with Gasteiger partial charge >= 0.3 is 5.97 Å². The number of pyridine rings is 1. The Kier molecular flexibility index (Phi) is 3.13. The van der Waals surface area contributed by atoms with Gasteiger partial charge in [0.05, 0.1) is 16.9 Å². The number of carboxylic acid groups (broad SMARTS) is 1. The first-order valence-corrected chi connectivity index (χ1v) is 4.31. The molecule has 0 amide bonds. The fourth-order valence-electron chi connectivity index (χ4n) is 0.943. The molecule has 7 heteroatoms. The number of carboxylic acids is 1. The number of rotatable bonds is 3. The number of hydrogen-bond donors (Lipinski definition) is 1. The van der Waals surface area contributed by atoms with Crippen molar-refractivity contribution in [1.29, 1.82) is 0 Å². The predicted molar refractivity (Wildman–Crippen MR) is 49.9 cm³/mol. The number of nitrogens with zero attached hydrogens (tertiary/aromatic N) is 2. The lowest BCUT2D eigenvalue weighted by Gasteiger charge is -2.00. The molecule has 0 unspecified atom stereocenters. The van der Waals surface area contributed by atoms with E-state index >= 15 is 0 Å². The highest BCUT2D eigenvalue weighted by molar-refractivity contribution is 9.10. The molecule has 0 atom stereocenters. The van der Waals surface area contributed by atoms with E-state index in [1.807, 2.05) is 0 Å². The minimum absolute atomic E-state index is 0.0741. The number of halogens is 1. The molecule has 0 aliphatic heterocycles. The van der Waals surface area contributed by atoms with Crippen molar-refractivity contribution in [3.05, 3.63) is 32.5 Å². The first-order chi connectivity index (χ1) is 6.52. The van der Waals surface area contributed by atoms with Gasteiger partial charge < -0.3 is 5.11 Å². The van der Waals surface area contributed by atoms with Crippen LogP contribution in [0.3, 0.4) is 0 Å². The monoisotopic (exact) mass is 260 g/mol. The number of carbonyl (C=O) groups is 1. The van der Waals surface area contributed by atoms with Gasteiger partial charge in [-0.3, -0.25) is 14.9 Å². The van der Waals surface area contributed by atoms with Gasteiger partial charge in [0, 0.05) is 12.3 Å². The Morgan fingerprint density at radius 1 is 1.71 bits per heavy atom. The van der Waals surface area contributed by atoms with Crippen LogP contribution in [0.2, 0.25) is 0 Å². The third-order valence-electron chi connectivity index (χ3n) is 1.50. The molecule has 6 nitrogen and oxygen atoms in total. The van der Waals surface area contributed by atoms with Gasteiger partial charge in [0.2, 0.25) is 0 Å². The van der Waals surface area contributed by atoms with Crippen LogP contribution < -0.4 is 0 Å². The second kappa shape index (κ2) is 4.14. The molecule has 1 rings (SSSR count). The molecule has 0 fully saturated rings. The summed E-state index contributed by atoms with van der Waals surface area (Å²) in [5.41, 5.74) is -0.167. The molecule has 0 radical (unpaired) electrons. The van der Waals surface area contributed by atoms with Gasteiger partial charge in [-0.15, -0.1) is 0 Å². The van der Waals surface area contributed by atoms with E-state index in [2.05, 4.69) is 20.9 Å². The van der Waals surface area contributed by atoms with Crippen LogP contribution in [0.1, 0.15) is 5.56 Å².